The van der Waals surface area contributed by atoms with Gasteiger partial charge in [0.15, 0.2) is 5.82 Å². The Morgan fingerprint density at radius 1 is 1.12 bits per heavy atom. The van der Waals surface area contributed by atoms with Gasteiger partial charge in [-0.3, -0.25) is 0 Å². The van der Waals surface area contributed by atoms with E-state index in [1.54, 1.807) is 0 Å². The fourth-order valence-electron chi connectivity index (χ4n) is 3.03. The Balaban J connectivity index is 1.77. The van der Waals surface area contributed by atoms with E-state index in [1.165, 1.54) is 5.56 Å². The molecular formula is C19H25N5O. The van der Waals surface area contributed by atoms with E-state index in [0.717, 1.165) is 36.0 Å². The zero-order chi connectivity index (χ0) is 17.8. The number of hydrogen-bond donors (Lipinski definition) is 1. The van der Waals surface area contributed by atoms with E-state index in [4.69, 9.17) is 4.98 Å². The number of aryl methyl sites for hydroxylation is 2. The molecule has 1 N–H and O–H groups in total. The molecule has 25 heavy (non-hydrogen) atoms. The van der Waals surface area contributed by atoms with Crippen molar-refractivity contribution in [1.82, 2.24) is 20.2 Å². The first-order chi connectivity index (χ1) is 12.1. The molecule has 0 aliphatic carbocycles. The van der Waals surface area contributed by atoms with Gasteiger partial charge in [0, 0.05) is 50.0 Å². The van der Waals surface area contributed by atoms with Gasteiger partial charge in [0.05, 0.1) is 0 Å². The first-order valence-corrected chi connectivity index (χ1v) is 8.77. The van der Waals surface area contributed by atoms with Crippen LogP contribution in [0.4, 0.5) is 10.6 Å². The summed E-state index contributed by atoms with van der Waals surface area (Å²) in [4.78, 5) is 25.4. The smallest absolute Gasteiger partial charge is 0.317 e. The molecule has 2 amide bonds. The summed E-state index contributed by atoms with van der Waals surface area (Å²) < 4.78 is 0. The molecule has 6 nitrogen and oxygen atoms in total. The van der Waals surface area contributed by atoms with Crippen LogP contribution in [0.1, 0.15) is 18.2 Å². The number of anilines is 1. The maximum atomic E-state index is 11.9. The van der Waals surface area contributed by atoms with Crippen molar-refractivity contribution in [2.24, 2.45) is 0 Å². The lowest BCUT2D eigenvalue weighted by molar-refractivity contribution is 0.195. The minimum atomic E-state index is 0.0152. The number of amides is 2. The van der Waals surface area contributed by atoms with Crippen LogP contribution in [0, 0.1) is 13.8 Å². The van der Waals surface area contributed by atoms with Crippen molar-refractivity contribution in [3.63, 3.8) is 0 Å². The Morgan fingerprint density at radius 2 is 1.88 bits per heavy atom. The van der Waals surface area contributed by atoms with Crippen molar-refractivity contribution < 1.29 is 4.79 Å². The van der Waals surface area contributed by atoms with Crippen molar-refractivity contribution in [3.8, 4) is 11.4 Å². The minimum absolute atomic E-state index is 0.0152. The van der Waals surface area contributed by atoms with Crippen LogP contribution in [0.25, 0.3) is 11.4 Å². The molecule has 132 valence electrons. The van der Waals surface area contributed by atoms with Gasteiger partial charge in [0.2, 0.25) is 0 Å². The van der Waals surface area contributed by atoms with Crippen LogP contribution in [0.3, 0.4) is 0 Å². The summed E-state index contributed by atoms with van der Waals surface area (Å²) in [6.45, 7) is 9.62. The number of carbonyl (C=O) groups excluding carboxylic acids is 1. The van der Waals surface area contributed by atoms with E-state index in [-0.39, 0.29) is 6.03 Å². The third-order valence-electron chi connectivity index (χ3n) is 4.34. The zero-order valence-corrected chi connectivity index (χ0v) is 15.1. The molecule has 0 radical (unpaired) electrons. The first kappa shape index (κ1) is 17.2. The van der Waals surface area contributed by atoms with Crippen molar-refractivity contribution in [3.05, 3.63) is 41.6 Å². The molecule has 0 bridgehead atoms. The largest absolute Gasteiger partial charge is 0.353 e. The van der Waals surface area contributed by atoms with Crippen molar-refractivity contribution >= 4 is 11.8 Å². The van der Waals surface area contributed by atoms with E-state index in [0.29, 0.717) is 19.6 Å². The molecule has 1 saturated heterocycles. The fourth-order valence-corrected chi connectivity index (χ4v) is 3.03. The lowest BCUT2D eigenvalue weighted by atomic mass is 10.1. The molecule has 1 aliphatic rings. The summed E-state index contributed by atoms with van der Waals surface area (Å²) in [6.07, 6.45) is 0. The van der Waals surface area contributed by atoms with Gasteiger partial charge in [0.1, 0.15) is 5.82 Å². The first-order valence-electron chi connectivity index (χ1n) is 8.77. The zero-order valence-electron chi connectivity index (χ0n) is 15.1. The Bertz CT molecular complexity index is 753. The van der Waals surface area contributed by atoms with E-state index in [9.17, 15) is 4.79 Å². The SMILES string of the molecule is CCNC(=O)N1CCN(c2cc(C)nc(-c3cccc(C)c3)n2)CC1. The highest BCUT2D eigenvalue weighted by Gasteiger charge is 2.22. The third kappa shape index (κ3) is 4.07. The fraction of sp³-hybridized carbons (Fsp3) is 0.421. The second-order valence-electron chi connectivity index (χ2n) is 6.37. The average Bonchev–Trinajstić information content (AvgIpc) is 2.61. The Kier molecular flexibility index (Phi) is 5.16. The number of benzene rings is 1. The summed E-state index contributed by atoms with van der Waals surface area (Å²) >= 11 is 0. The molecule has 1 aliphatic heterocycles. The normalized spacial score (nSPS) is 14.5. The molecule has 2 aromatic rings. The predicted octanol–water partition coefficient (Wildman–Crippen LogP) is 2.61. The van der Waals surface area contributed by atoms with Crippen molar-refractivity contribution in [2.45, 2.75) is 20.8 Å². The Morgan fingerprint density at radius 3 is 2.56 bits per heavy atom. The van der Waals surface area contributed by atoms with Gasteiger partial charge < -0.3 is 15.1 Å². The second-order valence-corrected chi connectivity index (χ2v) is 6.37. The average molecular weight is 339 g/mol. The number of aromatic nitrogens is 2. The van der Waals surface area contributed by atoms with E-state index < -0.39 is 0 Å². The van der Waals surface area contributed by atoms with Crippen molar-refractivity contribution in [1.29, 1.82) is 0 Å². The number of carbonyl (C=O) groups is 1. The summed E-state index contributed by atoms with van der Waals surface area (Å²) in [5.74, 6) is 1.68. The summed E-state index contributed by atoms with van der Waals surface area (Å²) in [5.41, 5.74) is 3.18. The number of nitrogens with one attached hydrogen (secondary N) is 1. The monoisotopic (exact) mass is 339 g/mol. The molecule has 2 heterocycles. The molecular weight excluding hydrogens is 314 g/mol. The standard InChI is InChI=1S/C19H25N5O/c1-4-20-19(25)24-10-8-23(9-11-24)17-13-15(3)21-18(22-17)16-7-5-6-14(2)12-16/h5-7,12-13H,4,8-11H2,1-3H3,(H,20,25). The molecule has 3 rings (SSSR count). The predicted molar refractivity (Wildman–Crippen MR) is 99.8 cm³/mol. The summed E-state index contributed by atoms with van der Waals surface area (Å²) in [7, 11) is 0. The van der Waals surface area contributed by atoms with Crippen molar-refractivity contribution in [2.75, 3.05) is 37.6 Å². The molecule has 0 saturated carbocycles. The van der Waals surface area contributed by atoms with Gasteiger partial charge in [-0.1, -0.05) is 23.8 Å². The summed E-state index contributed by atoms with van der Waals surface area (Å²) in [5, 5.41) is 2.86. The highest BCUT2D eigenvalue weighted by Crippen LogP contribution is 2.22. The number of nitrogens with zero attached hydrogens (tertiary/aromatic N) is 4. The molecule has 0 spiro atoms. The highest BCUT2D eigenvalue weighted by atomic mass is 16.2. The van der Waals surface area contributed by atoms with Crippen LogP contribution in [0.15, 0.2) is 30.3 Å². The van der Waals surface area contributed by atoms with Crippen LogP contribution >= 0.6 is 0 Å². The van der Waals surface area contributed by atoms with Crippen LogP contribution in [0.5, 0.6) is 0 Å². The molecule has 0 unspecified atom stereocenters. The van der Waals surface area contributed by atoms with Gasteiger partial charge in [0.25, 0.3) is 0 Å². The lowest BCUT2D eigenvalue weighted by Gasteiger charge is -2.35. The van der Waals surface area contributed by atoms with Gasteiger partial charge >= 0.3 is 6.03 Å². The quantitative estimate of drug-likeness (QED) is 0.934. The molecule has 6 heteroatoms. The van der Waals surface area contributed by atoms with E-state index in [1.807, 2.05) is 36.9 Å². The molecule has 1 fully saturated rings. The minimum Gasteiger partial charge on any atom is -0.353 e. The maximum absolute atomic E-state index is 11.9. The van der Waals surface area contributed by atoms with Gasteiger partial charge in [-0.15, -0.1) is 0 Å². The van der Waals surface area contributed by atoms with E-state index >= 15 is 0 Å². The third-order valence-corrected chi connectivity index (χ3v) is 4.34. The second kappa shape index (κ2) is 7.51. The van der Waals surface area contributed by atoms with Gasteiger partial charge in [-0.05, 0) is 26.8 Å². The number of urea groups is 1. The van der Waals surface area contributed by atoms with Crippen LogP contribution in [-0.4, -0.2) is 53.6 Å². The maximum Gasteiger partial charge on any atom is 0.317 e. The van der Waals surface area contributed by atoms with E-state index in [2.05, 4.69) is 34.3 Å². The lowest BCUT2D eigenvalue weighted by Crippen LogP contribution is -2.52. The number of piperazine rings is 1. The molecule has 1 aromatic heterocycles. The topological polar surface area (TPSA) is 61.4 Å². The van der Waals surface area contributed by atoms with Crippen LogP contribution in [-0.2, 0) is 0 Å². The summed E-state index contributed by atoms with van der Waals surface area (Å²) in [6, 6.07) is 10.3. The Hall–Kier alpha value is -2.63. The molecule has 0 atom stereocenters. The number of hydrogen-bond acceptors (Lipinski definition) is 4. The van der Waals surface area contributed by atoms with Gasteiger partial charge in [-0.2, -0.15) is 0 Å². The van der Waals surface area contributed by atoms with Gasteiger partial charge in [-0.25, -0.2) is 14.8 Å². The number of rotatable bonds is 3. The van der Waals surface area contributed by atoms with Crippen LogP contribution in [0.2, 0.25) is 0 Å². The van der Waals surface area contributed by atoms with Crippen LogP contribution < -0.4 is 10.2 Å². The molecule has 1 aromatic carbocycles. The Labute approximate surface area is 148 Å². The highest BCUT2D eigenvalue weighted by molar-refractivity contribution is 5.74.